The molecule has 1 saturated heterocycles. The summed E-state index contributed by atoms with van der Waals surface area (Å²) in [5, 5.41) is 6.91. The van der Waals surface area contributed by atoms with E-state index in [1.807, 2.05) is 0 Å². The second-order valence-corrected chi connectivity index (χ2v) is 5.51. The van der Waals surface area contributed by atoms with Gasteiger partial charge in [-0.05, 0) is 43.0 Å². The number of piperidine rings is 1. The van der Waals surface area contributed by atoms with E-state index in [0.717, 1.165) is 25.9 Å². The Labute approximate surface area is 128 Å². The van der Waals surface area contributed by atoms with Crippen LogP contribution in [0.4, 0.5) is 14.9 Å². The van der Waals surface area contributed by atoms with Crippen LogP contribution in [0.5, 0.6) is 0 Å². The number of benzene rings is 1. The lowest BCUT2D eigenvalue weighted by atomic mass is 9.98. The summed E-state index contributed by atoms with van der Waals surface area (Å²) >= 11 is 0. The molecule has 2 heterocycles. The third-order valence-electron chi connectivity index (χ3n) is 3.81. The zero-order valence-electron chi connectivity index (χ0n) is 12.2. The summed E-state index contributed by atoms with van der Waals surface area (Å²) in [5.41, 5.74) is 0.602. The Balaban J connectivity index is 1.56. The molecule has 1 aromatic carbocycles. The Morgan fingerprint density at radius 2 is 2.18 bits per heavy atom. The molecule has 1 atom stereocenters. The molecule has 1 aliphatic heterocycles. The van der Waals surface area contributed by atoms with Gasteiger partial charge in [0.15, 0.2) is 0 Å². The van der Waals surface area contributed by atoms with E-state index in [2.05, 4.69) is 15.4 Å². The third kappa shape index (κ3) is 3.60. The summed E-state index contributed by atoms with van der Waals surface area (Å²) in [6.45, 7) is 2.19. The minimum Gasteiger partial charge on any atom is -0.324 e. The fraction of sp³-hybridized carbons (Fsp3) is 0.400. The van der Waals surface area contributed by atoms with Gasteiger partial charge in [0.25, 0.3) is 0 Å². The van der Waals surface area contributed by atoms with Crippen molar-refractivity contribution in [1.29, 1.82) is 0 Å². The molecule has 7 heteroatoms. The highest BCUT2D eigenvalue weighted by molar-refractivity contribution is 5.89. The van der Waals surface area contributed by atoms with Gasteiger partial charge < -0.3 is 10.2 Å². The molecular formula is C15H18FN5O. The van der Waals surface area contributed by atoms with E-state index in [0.29, 0.717) is 18.2 Å². The van der Waals surface area contributed by atoms with Crippen LogP contribution in [0.3, 0.4) is 0 Å². The zero-order valence-corrected chi connectivity index (χ0v) is 12.2. The molecule has 2 amide bonds. The molecular weight excluding hydrogens is 285 g/mol. The maximum absolute atomic E-state index is 12.9. The van der Waals surface area contributed by atoms with Gasteiger partial charge in [0, 0.05) is 25.3 Å². The second-order valence-electron chi connectivity index (χ2n) is 5.51. The minimum absolute atomic E-state index is 0.144. The summed E-state index contributed by atoms with van der Waals surface area (Å²) in [7, 11) is 0. The summed E-state index contributed by atoms with van der Waals surface area (Å²) in [4.78, 5) is 18.0. The summed E-state index contributed by atoms with van der Waals surface area (Å²) in [6, 6.07) is 5.64. The summed E-state index contributed by atoms with van der Waals surface area (Å²) < 4.78 is 14.7. The Hall–Kier alpha value is -2.44. The van der Waals surface area contributed by atoms with Gasteiger partial charge in [0.2, 0.25) is 0 Å². The summed E-state index contributed by atoms with van der Waals surface area (Å²) in [6.07, 6.45) is 5.25. The predicted molar refractivity (Wildman–Crippen MR) is 79.7 cm³/mol. The van der Waals surface area contributed by atoms with Gasteiger partial charge in [-0.1, -0.05) is 0 Å². The lowest BCUT2D eigenvalue weighted by Crippen LogP contribution is -2.43. The molecule has 22 heavy (non-hydrogen) atoms. The second kappa shape index (κ2) is 6.55. The number of carbonyl (C=O) groups excluding carboxylic acids is 1. The Bertz CT molecular complexity index is 613. The first-order chi connectivity index (χ1) is 10.7. The fourth-order valence-corrected chi connectivity index (χ4v) is 2.73. The molecule has 0 saturated carbocycles. The largest absolute Gasteiger partial charge is 0.324 e. The standard InChI is InChI=1S/C15H18FN5O/c16-13-3-5-14(6-4-13)19-15(22)20-7-1-2-12(8-20)9-21-11-17-10-18-21/h3-6,10-12H,1-2,7-9H2,(H,19,22). The molecule has 1 fully saturated rings. The van der Waals surface area contributed by atoms with Crippen molar-refractivity contribution in [2.45, 2.75) is 19.4 Å². The van der Waals surface area contributed by atoms with Crippen LogP contribution in [0.1, 0.15) is 12.8 Å². The average molecular weight is 303 g/mol. The van der Waals surface area contributed by atoms with Crippen molar-refractivity contribution in [3.63, 3.8) is 0 Å². The highest BCUT2D eigenvalue weighted by Gasteiger charge is 2.24. The predicted octanol–water partition coefficient (Wildman–Crippen LogP) is 2.36. The molecule has 116 valence electrons. The van der Waals surface area contributed by atoms with Crippen LogP contribution in [0, 0.1) is 11.7 Å². The molecule has 1 aliphatic rings. The average Bonchev–Trinajstić information content (AvgIpc) is 3.03. The van der Waals surface area contributed by atoms with Gasteiger partial charge in [-0.25, -0.2) is 14.2 Å². The number of carbonyl (C=O) groups is 1. The SMILES string of the molecule is O=C(Nc1ccc(F)cc1)N1CCCC(Cn2cncn2)C1. The quantitative estimate of drug-likeness (QED) is 0.947. The van der Waals surface area contributed by atoms with E-state index in [9.17, 15) is 9.18 Å². The maximum atomic E-state index is 12.9. The Morgan fingerprint density at radius 1 is 1.36 bits per heavy atom. The van der Waals surface area contributed by atoms with E-state index in [-0.39, 0.29) is 11.8 Å². The van der Waals surface area contributed by atoms with Crippen molar-refractivity contribution in [1.82, 2.24) is 19.7 Å². The number of aromatic nitrogens is 3. The Kier molecular flexibility index (Phi) is 4.32. The first kappa shape index (κ1) is 14.5. The van der Waals surface area contributed by atoms with E-state index in [1.165, 1.54) is 18.5 Å². The van der Waals surface area contributed by atoms with Crippen molar-refractivity contribution in [3.05, 3.63) is 42.7 Å². The van der Waals surface area contributed by atoms with Crippen molar-refractivity contribution >= 4 is 11.7 Å². The number of hydrogen-bond donors (Lipinski definition) is 1. The normalized spacial score (nSPS) is 18.2. The zero-order chi connectivity index (χ0) is 15.4. The topological polar surface area (TPSA) is 63.1 Å². The number of amides is 2. The number of rotatable bonds is 3. The van der Waals surface area contributed by atoms with Crippen molar-refractivity contribution < 1.29 is 9.18 Å². The lowest BCUT2D eigenvalue weighted by Gasteiger charge is -2.32. The highest BCUT2D eigenvalue weighted by atomic mass is 19.1. The molecule has 0 radical (unpaired) electrons. The van der Waals surface area contributed by atoms with Crippen LogP contribution < -0.4 is 5.32 Å². The number of anilines is 1. The van der Waals surface area contributed by atoms with Crippen LogP contribution in [0.25, 0.3) is 0 Å². The molecule has 0 aliphatic carbocycles. The van der Waals surface area contributed by atoms with Crippen molar-refractivity contribution in [2.24, 2.45) is 5.92 Å². The van der Waals surface area contributed by atoms with Gasteiger partial charge in [-0.3, -0.25) is 4.68 Å². The van der Waals surface area contributed by atoms with Gasteiger partial charge in [-0.2, -0.15) is 5.10 Å². The van der Waals surface area contributed by atoms with Crippen molar-refractivity contribution in [3.8, 4) is 0 Å². The van der Waals surface area contributed by atoms with Gasteiger partial charge in [0.1, 0.15) is 18.5 Å². The van der Waals surface area contributed by atoms with Crippen LogP contribution in [0.2, 0.25) is 0 Å². The van der Waals surface area contributed by atoms with E-state index in [4.69, 9.17) is 0 Å². The Morgan fingerprint density at radius 3 is 2.91 bits per heavy atom. The number of halogens is 1. The maximum Gasteiger partial charge on any atom is 0.321 e. The molecule has 3 rings (SSSR count). The molecule has 2 aromatic rings. The van der Waals surface area contributed by atoms with Crippen LogP contribution in [-0.4, -0.2) is 38.8 Å². The van der Waals surface area contributed by atoms with E-state index >= 15 is 0 Å². The lowest BCUT2D eigenvalue weighted by molar-refractivity contribution is 0.168. The first-order valence-corrected chi connectivity index (χ1v) is 7.34. The van der Waals surface area contributed by atoms with Crippen LogP contribution in [0.15, 0.2) is 36.9 Å². The minimum atomic E-state index is -0.316. The molecule has 6 nitrogen and oxygen atoms in total. The molecule has 0 bridgehead atoms. The van der Waals surface area contributed by atoms with Crippen LogP contribution in [-0.2, 0) is 6.54 Å². The number of nitrogens with zero attached hydrogens (tertiary/aromatic N) is 4. The molecule has 0 spiro atoms. The third-order valence-corrected chi connectivity index (χ3v) is 3.81. The smallest absolute Gasteiger partial charge is 0.321 e. The molecule has 1 aromatic heterocycles. The van der Waals surface area contributed by atoms with Crippen LogP contribution >= 0.6 is 0 Å². The number of nitrogens with one attached hydrogen (secondary N) is 1. The highest BCUT2D eigenvalue weighted by Crippen LogP contribution is 2.19. The van der Waals surface area contributed by atoms with Gasteiger partial charge in [-0.15, -0.1) is 0 Å². The van der Waals surface area contributed by atoms with E-state index < -0.39 is 0 Å². The number of urea groups is 1. The fourth-order valence-electron chi connectivity index (χ4n) is 2.73. The number of hydrogen-bond acceptors (Lipinski definition) is 3. The van der Waals surface area contributed by atoms with Gasteiger partial charge in [0.05, 0.1) is 0 Å². The first-order valence-electron chi connectivity index (χ1n) is 7.34. The molecule has 1 N–H and O–H groups in total. The monoisotopic (exact) mass is 303 g/mol. The van der Waals surface area contributed by atoms with E-state index in [1.54, 1.807) is 28.0 Å². The molecule has 1 unspecified atom stereocenters. The van der Waals surface area contributed by atoms with Gasteiger partial charge >= 0.3 is 6.03 Å². The summed E-state index contributed by atoms with van der Waals surface area (Å²) in [5.74, 6) is 0.0540. The van der Waals surface area contributed by atoms with Crippen molar-refractivity contribution in [2.75, 3.05) is 18.4 Å². The number of likely N-dealkylation sites (tertiary alicyclic amines) is 1.